The molecule has 0 aromatic heterocycles. The first kappa shape index (κ1) is 27.2. The van der Waals surface area contributed by atoms with E-state index in [0.29, 0.717) is 15.9 Å². The molecule has 7 nitrogen and oxygen atoms in total. The number of amides is 2. The maximum Gasteiger partial charge on any atom is 0.329 e. The van der Waals surface area contributed by atoms with Gasteiger partial charge in [0.1, 0.15) is 6.04 Å². The molecule has 2 amide bonds. The number of carbonyl (C=O) groups is 3. The van der Waals surface area contributed by atoms with Crippen LogP contribution in [0.3, 0.4) is 0 Å². The zero-order valence-electron chi connectivity index (χ0n) is 20.6. The number of esters is 1. The normalized spacial score (nSPS) is 12.3. The van der Waals surface area contributed by atoms with Crippen LogP contribution in [-0.2, 0) is 18.9 Å². The molecule has 1 atom stereocenters. The number of hydrogen-bond acceptors (Lipinski definition) is 6. The second kappa shape index (κ2) is 11.6. The quantitative estimate of drug-likeness (QED) is 0.253. The van der Waals surface area contributed by atoms with Crippen LogP contribution in [0.5, 0.6) is 0 Å². The van der Waals surface area contributed by atoms with Gasteiger partial charge in [-0.15, -0.1) is 0 Å². The van der Waals surface area contributed by atoms with Crippen LogP contribution in [0, 0.1) is 0 Å². The van der Waals surface area contributed by atoms with E-state index in [-0.39, 0.29) is 5.56 Å². The molecule has 2 N–H and O–H groups in total. The van der Waals surface area contributed by atoms with Crippen molar-refractivity contribution in [3.8, 4) is 0 Å². The fourth-order valence-electron chi connectivity index (χ4n) is 3.77. The molecule has 0 radical (unpaired) electrons. The predicted octanol–water partition coefficient (Wildman–Crippen LogP) is 3.16. The highest BCUT2D eigenvalue weighted by atomic mass is 32.2. The number of ether oxygens (including phenoxy) is 1. The smallest absolute Gasteiger partial charge is 0.329 e. The van der Waals surface area contributed by atoms with Crippen LogP contribution < -0.4 is 26.0 Å². The lowest BCUT2D eigenvalue weighted by atomic mass is 10.0. The molecule has 0 heterocycles. The molecule has 0 aliphatic carbocycles. The van der Waals surface area contributed by atoms with E-state index in [9.17, 15) is 18.9 Å². The molecule has 0 saturated heterocycles. The third kappa shape index (κ3) is 5.89. The summed E-state index contributed by atoms with van der Waals surface area (Å²) in [4.78, 5) is 37.4. The van der Waals surface area contributed by atoms with Gasteiger partial charge in [0, 0.05) is 22.8 Å². The van der Waals surface area contributed by atoms with E-state index in [1.807, 2.05) is 36.4 Å². The second-order valence-electron chi connectivity index (χ2n) is 8.59. The summed E-state index contributed by atoms with van der Waals surface area (Å²) in [5, 5.41) is 4.21. The van der Waals surface area contributed by atoms with Crippen molar-refractivity contribution < 1.29 is 23.7 Å². The van der Waals surface area contributed by atoms with E-state index in [0.717, 1.165) is 11.9 Å². The average Bonchev–Trinajstić information content (AvgIpc) is 2.90. The fourth-order valence-corrected chi connectivity index (χ4v) is 7.36. The Balaban J connectivity index is 1.99. The molecule has 0 aliphatic rings. The van der Waals surface area contributed by atoms with Gasteiger partial charge in [0.25, 0.3) is 5.91 Å². The summed E-state index contributed by atoms with van der Waals surface area (Å²) in [6.45, 7) is 4.72. The first-order chi connectivity index (χ1) is 17.1. The average molecular weight is 525 g/mol. The lowest BCUT2D eigenvalue weighted by molar-refractivity contribution is -0.145. The van der Waals surface area contributed by atoms with Gasteiger partial charge in [-0.3, -0.25) is 14.3 Å². The third-order valence-corrected chi connectivity index (χ3v) is 9.78. The van der Waals surface area contributed by atoms with Crippen molar-refractivity contribution in [2.45, 2.75) is 31.6 Å². The van der Waals surface area contributed by atoms with Gasteiger partial charge in [-0.1, -0.05) is 78.9 Å². The fraction of sp³-hybridized carbons (Fsp3) is 0.222. The largest absolute Gasteiger partial charge is 0.467 e. The van der Waals surface area contributed by atoms with Crippen LogP contribution >= 0.6 is 19.1 Å². The van der Waals surface area contributed by atoms with Crippen molar-refractivity contribution in [2.24, 2.45) is 0 Å². The van der Waals surface area contributed by atoms with E-state index < -0.39 is 35.7 Å². The Bertz CT molecular complexity index is 1240. The van der Waals surface area contributed by atoms with Crippen LogP contribution in [0.25, 0.3) is 0 Å². The predicted molar refractivity (Wildman–Crippen MR) is 145 cm³/mol. The number of methoxy groups -OCH3 is 1. The maximum absolute atomic E-state index is 14.8. The highest BCUT2D eigenvalue weighted by Crippen LogP contribution is 2.43. The zero-order valence-corrected chi connectivity index (χ0v) is 22.3. The molecule has 0 bridgehead atoms. The molecule has 0 aliphatic heterocycles. The Morgan fingerprint density at radius 2 is 1.36 bits per heavy atom. The first-order valence-corrected chi connectivity index (χ1v) is 13.8. The molecule has 188 valence electrons. The lowest BCUT2D eigenvalue weighted by Crippen LogP contribution is -2.53. The Morgan fingerprint density at radius 3 is 1.86 bits per heavy atom. The summed E-state index contributed by atoms with van der Waals surface area (Å²) in [6, 6.07) is 24.0. The van der Waals surface area contributed by atoms with E-state index in [1.54, 1.807) is 62.4 Å². The lowest BCUT2D eigenvalue weighted by Gasteiger charge is -2.31. The van der Waals surface area contributed by atoms with Gasteiger partial charge in [0.05, 0.1) is 17.4 Å². The van der Waals surface area contributed by atoms with Gasteiger partial charge in [-0.05, 0) is 31.9 Å². The number of rotatable bonds is 9. The number of nitrogens with one attached hydrogen (secondary N) is 2. The standard InChI is InChI=1S/C27H29N2O5PS/c1-19(30)28-24(26(32)34-4)27(2,3)36-29-25(31)22-17-11-12-18-23(22)35(33,20-13-7-5-8-14-20)21-15-9-6-10-16-21/h5-18,24H,1-4H3,(H,28,30)(H,29,31)/t24-/m1/s1. The number of hydrogen-bond donors (Lipinski definition) is 2. The Labute approximate surface area is 215 Å². The number of carbonyl (C=O) groups excluding carboxylic acids is 3. The Kier molecular flexibility index (Phi) is 8.77. The van der Waals surface area contributed by atoms with Crippen LogP contribution in [0.15, 0.2) is 84.9 Å². The van der Waals surface area contributed by atoms with Crippen LogP contribution in [-0.4, -0.2) is 35.7 Å². The van der Waals surface area contributed by atoms with E-state index in [2.05, 4.69) is 10.0 Å². The summed E-state index contributed by atoms with van der Waals surface area (Å²) in [7, 11) is -2.16. The molecular weight excluding hydrogens is 495 g/mol. The first-order valence-electron chi connectivity index (χ1n) is 11.3. The molecule has 0 saturated carbocycles. The van der Waals surface area contributed by atoms with Crippen LogP contribution in [0.1, 0.15) is 31.1 Å². The van der Waals surface area contributed by atoms with Gasteiger partial charge in [-0.25, -0.2) is 4.79 Å². The Morgan fingerprint density at radius 1 is 0.861 bits per heavy atom. The maximum atomic E-state index is 14.8. The van der Waals surface area contributed by atoms with Crippen molar-refractivity contribution in [3.05, 3.63) is 90.5 Å². The molecule has 9 heteroatoms. The minimum absolute atomic E-state index is 0.256. The molecule has 3 aromatic carbocycles. The third-order valence-electron chi connectivity index (χ3n) is 5.61. The summed E-state index contributed by atoms with van der Waals surface area (Å²) < 4.78 is 21.5. The SMILES string of the molecule is COC(=O)[C@@H](NC(C)=O)C(C)(C)SNC(=O)c1ccccc1P(=O)(c1ccccc1)c1ccccc1. The number of benzene rings is 3. The molecule has 0 spiro atoms. The van der Waals surface area contributed by atoms with Gasteiger partial charge in [0.15, 0.2) is 7.14 Å². The van der Waals surface area contributed by atoms with Crippen molar-refractivity contribution in [1.82, 2.24) is 10.0 Å². The van der Waals surface area contributed by atoms with Crippen LogP contribution in [0.2, 0.25) is 0 Å². The van der Waals surface area contributed by atoms with E-state index in [1.165, 1.54) is 14.0 Å². The van der Waals surface area contributed by atoms with Crippen molar-refractivity contribution >= 4 is 52.8 Å². The summed E-state index contributed by atoms with van der Waals surface area (Å²) >= 11 is 0.982. The molecule has 0 unspecified atom stereocenters. The van der Waals surface area contributed by atoms with Crippen molar-refractivity contribution in [1.29, 1.82) is 0 Å². The van der Waals surface area contributed by atoms with Crippen molar-refractivity contribution in [3.63, 3.8) is 0 Å². The molecular formula is C27H29N2O5PS. The van der Waals surface area contributed by atoms with Gasteiger partial charge < -0.3 is 14.6 Å². The van der Waals surface area contributed by atoms with Gasteiger partial charge >= 0.3 is 5.97 Å². The van der Waals surface area contributed by atoms with Gasteiger partial charge in [-0.2, -0.15) is 0 Å². The van der Waals surface area contributed by atoms with E-state index in [4.69, 9.17) is 4.74 Å². The summed E-state index contributed by atoms with van der Waals surface area (Å²) in [5.41, 5.74) is 0.256. The Hall–Kier alpha value is -3.35. The van der Waals surface area contributed by atoms with Gasteiger partial charge in [0.2, 0.25) is 5.91 Å². The molecule has 3 rings (SSSR count). The zero-order chi connectivity index (χ0) is 26.3. The monoisotopic (exact) mass is 524 g/mol. The summed E-state index contributed by atoms with van der Waals surface area (Å²) in [6.07, 6.45) is 0. The van der Waals surface area contributed by atoms with Crippen LogP contribution in [0.4, 0.5) is 0 Å². The highest BCUT2D eigenvalue weighted by Gasteiger charge is 2.39. The molecule has 3 aromatic rings. The minimum atomic E-state index is -3.39. The highest BCUT2D eigenvalue weighted by molar-refractivity contribution is 7.99. The molecule has 0 fully saturated rings. The van der Waals surface area contributed by atoms with Crippen molar-refractivity contribution in [2.75, 3.05) is 7.11 Å². The van der Waals surface area contributed by atoms with E-state index >= 15 is 0 Å². The summed E-state index contributed by atoms with van der Waals surface area (Å²) in [5.74, 6) is -1.50. The minimum Gasteiger partial charge on any atom is -0.467 e. The topological polar surface area (TPSA) is 102 Å². The molecule has 36 heavy (non-hydrogen) atoms. The second-order valence-corrected chi connectivity index (χ2v) is 12.8.